The maximum Gasteiger partial charge on any atom is 0.264 e. The molecule has 0 saturated carbocycles. The molecule has 1 amide bonds. The zero-order valence-corrected chi connectivity index (χ0v) is 11.1. The molecular weight excluding hydrogens is 242 g/mol. The van der Waals surface area contributed by atoms with E-state index in [-0.39, 0.29) is 24.0 Å². The van der Waals surface area contributed by atoms with E-state index in [0.717, 1.165) is 17.7 Å². The first-order chi connectivity index (χ1) is 9.20. The number of likely N-dealkylation sites (tertiary alicyclic amines) is 1. The summed E-state index contributed by atoms with van der Waals surface area (Å²) in [6, 6.07) is 8.01. The first-order valence-corrected chi connectivity index (χ1v) is 6.43. The number of hydrogen-bond acceptors (Lipinski definition) is 3. The fourth-order valence-corrected chi connectivity index (χ4v) is 2.83. The number of hydrogen-bond donors (Lipinski definition) is 0. The SMILES string of the molecule is COc1ccc([C@@H]2C[C@@H]3C=CO[C@@H]3C(=O)N2C)cc1. The van der Waals surface area contributed by atoms with Crippen LogP contribution in [0.1, 0.15) is 18.0 Å². The molecule has 4 heteroatoms. The van der Waals surface area contributed by atoms with Gasteiger partial charge in [0.2, 0.25) is 0 Å². The van der Waals surface area contributed by atoms with Crippen molar-refractivity contribution in [2.75, 3.05) is 14.2 Å². The summed E-state index contributed by atoms with van der Waals surface area (Å²) in [5.41, 5.74) is 1.13. The molecule has 3 atom stereocenters. The van der Waals surface area contributed by atoms with E-state index in [0.29, 0.717) is 0 Å². The molecule has 0 radical (unpaired) electrons. The minimum atomic E-state index is -0.320. The number of methoxy groups -OCH3 is 1. The molecule has 1 aromatic rings. The van der Waals surface area contributed by atoms with Gasteiger partial charge in [-0.3, -0.25) is 4.79 Å². The van der Waals surface area contributed by atoms with Gasteiger partial charge in [0, 0.05) is 13.0 Å². The fourth-order valence-electron chi connectivity index (χ4n) is 2.83. The van der Waals surface area contributed by atoms with Crippen LogP contribution in [0, 0.1) is 5.92 Å². The van der Waals surface area contributed by atoms with Crippen molar-refractivity contribution in [1.82, 2.24) is 4.90 Å². The lowest BCUT2D eigenvalue weighted by atomic mass is 9.86. The number of nitrogens with zero attached hydrogens (tertiary/aromatic N) is 1. The Morgan fingerprint density at radius 1 is 1.32 bits per heavy atom. The van der Waals surface area contributed by atoms with Crippen LogP contribution >= 0.6 is 0 Å². The lowest BCUT2D eigenvalue weighted by Crippen LogP contribution is -2.47. The average Bonchev–Trinajstić information content (AvgIpc) is 2.91. The van der Waals surface area contributed by atoms with E-state index in [4.69, 9.17) is 9.47 Å². The van der Waals surface area contributed by atoms with Gasteiger partial charge in [-0.05, 0) is 30.2 Å². The Morgan fingerprint density at radius 2 is 2.05 bits per heavy atom. The molecule has 2 aliphatic heterocycles. The molecule has 1 fully saturated rings. The van der Waals surface area contributed by atoms with Crippen molar-refractivity contribution < 1.29 is 14.3 Å². The largest absolute Gasteiger partial charge is 0.497 e. The van der Waals surface area contributed by atoms with Gasteiger partial charge in [0.15, 0.2) is 6.10 Å². The Hall–Kier alpha value is -1.97. The van der Waals surface area contributed by atoms with E-state index in [1.807, 2.05) is 37.4 Å². The van der Waals surface area contributed by atoms with Gasteiger partial charge in [-0.15, -0.1) is 0 Å². The second kappa shape index (κ2) is 4.61. The van der Waals surface area contributed by atoms with Crippen LogP contribution in [-0.2, 0) is 9.53 Å². The van der Waals surface area contributed by atoms with E-state index in [1.165, 1.54) is 0 Å². The smallest absolute Gasteiger partial charge is 0.264 e. The summed E-state index contributed by atoms with van der Waals surface area (Å²) in [7, 11) is 3.49. The number of ether oxygens (including phenoxy) is 2. The summed E-state index contributed by atoms with van der Waals surface area (Å²) < 4.78 is 10.5. The Balaban J connectivity index is 1.86. The molecule has 0 unspecified atom stereocenters. The minimum Gasteiger partial charge on any atom is -0.497 e. The number of carbonyl (C=O) groups excluding carboxylic acids is 1. The highest BCUT2D eigenvalue weighted by atomic mass is 16.5. The van der Waals surface area contributed by atoms with Crippen molar-refractivity contribution in [2.45, 2.75) is 18.6 Å². The van der Waals surface area contributed by atoms with Gasteiger partial charge in [-0.1, -0.05) is 12.1 Å². The summed E-state index contributed by atoms with van der Waals surface area (Å²) in [6.45, 7) is 0. The van der Waals surface area contributed by atoms with E-state index in [1.54, 1.807) is 18.3 Å². The van der Waals surface area contributed by atoms with Crippen molar-refractivity contribution in [3.63, 3.8) is 0 Å². The molecule has 4 nitrogen and oxygen atoms in total. The zero-order valence-electron chi connectivity index (χ0n) is 11.1. The summed E-state index contributed by atoms with van der Waals surface area (Å²) in [4.78, 5) is 14.0. The molecule has 0 spiro atoms. The Morgan fingerprint density at radius 3 is 2.74 bits per heavy atom. The molecule has 0 bridgehead atoms. The maximum absolute atomic E-state index is 12.2. The number of carbonyl (C=O) groups is 1. The van der Waals surface area contributed by atoms with Crippen molar-refractivity contribution in [1.29, 1.82) is 0 Å². The van der Waals surface area contributed by atoms with Gasteiger partial charge in [0.1, 0.15) is 5.75 Å². The lowest BCUT2D eigenvalue weighted by molar-refractivity contribution is -0.147. The summed E-state index contributed by atoms with van der Waals surface area (Å²) in [5.74, 6) is 1.08. The van der Waals surface area contributed by atoms with Crippen molar-refractivity contribution in [3.05, 3.63) is 42.2 Å². The summed E-state index contributed by atoms with van der Waals surface area (Å²) in [5, 5.41) is 0. The highest BCUT2D eigenvalue weighted by Crippen LogP contribution is 2.38. The van der Waals surface area contributed by atoms with Crippen LogP contribution in [-0.4, -0.2) is 31.1 Å². The first kappa shape index (κ1) is 12.1. The van der Waals surface area contributed by atoms with Crippen molar-refractivity contribution in [3.8, 4) is 5.75 Å². The van der Waals surface area contributed by atoms with E-state index in [9.17, 15) is 4.79 Å². The van der Waals surface area contributed by atoms with Crippen LogP contribution in [0.2, 0.25) is 0 Å². The molecule has 19 heavy (non-hydrogen) atoms. The zero-order chi connectivity index (χ0) is 13.4. The number of likely N-dealkylation sites (N-methyl/N-ethyl adjacent to an activating group) is 1. The van der Waals surface area contributed by atoms with Crippen LogP contribution in [0.3, 0.4) is 0 Å². The second-order valence-corrected chi connectivity index (χ2v) is 5.02. The van der Waals surface area contributed by atoms with Crippen LogP contribution in [0.5, 0.6) is 5.75 Å². The van der Waals surface area contributed by atoms with Gasteiger partial charge in [-0.2, -0.15) is 0 Å². The van der Waals surface area contributed by atoms with Gasteiger partial charge in [0.25, 0.3) is 5.91 Å². The molecule has 3 rings (SSSR count). The quantitative estimate of drug-likeness (QED) is 0.816. The lowest BCUT2D eigenvalue weighted by Gasteiger charge is -2.38. The number of rotatable bonds is 2. The fraction of sp³-hybridized carbons (Fsp3) is 0.400. The topological polar surface area (TPSA) is 38.8 Å². The molecule has 0 N–H and O–H groups in total. The molecule has 100 valence electrons. The third kappa shape index (κ3) is 1.97. The van der Waals surface area contributed by atoms with Crippen LogP contribution in [0.4, 0.5) is 0 Å². The van der Waals surface area contributed by atoms with Crippen molar-refractivity contribution >= 4 is 5.91 Å². The molecule has 1 saturated heterocycles. The summed E-state index contributed by atoms with van der Waals surface area (Å²) >= 11 is 0. The standard InChI is InChI=1S/C15H17NO3/c1-16-13(10-3-5-12(18-2)6-4-10)9-11-7-8-19-14(11)15(16)17/h3-8,11,13-14H,9H2,1-2H3/t11-,13-,14-/m0/s1. The van der Waals surface area contributed by atoms with Gasteiger partial charge < -0.3 is 14.4 Å². The number of fused-ring (bicyclic) bond motifs is 1. The van der Waals surface area contributed by atoms with Crippen LogP contribution in [0.25, 0.3) is 0 Å². The molecule has 0 aromatic heterocycles. The number of piperidine rings is 1. The van der Waals surface area contributed by atoms with Crippen LogP contribution in [0.15, 0.2) is 36.6 Å². The monoisotopic (exact) mass is 259 g/mol. The van der Waals surface area contributed by atoms with Crippen molar-refractivity contribution in [2.24, 2.45) is 5.92 Å². The van der Waals surface area contributed by atoms with Gasteiger partial charge in [0.05, 0.1) is 19.4 Å². The third-order valence-corrected chi connectivity index (χ3v) is 3.99. The molecular formula is C15H17NO3. The van der Waals surface area contributed by atoms with E-state index in [2.05, 4.69) is 0 Å². The van der Waals surface area contributed by atoms with Gasteiger partial charge >= 0.3 is 0 Å². The normalized spacial score (nSPS) is 29.1. The Labute approximate surface area is 112 Å². The molecule has 2 heterocycles. The highest BCUT2D eigenvalue weighted by molar-refractivity contribution is 5.83. The Bertz CT molecular complexity index is 509. The second-order valence-electron chi connectivity index (χ2n) is 5.02. The number of amides is 1. The first-order valence-electron chi connectivity index (χ1n) is 6.43. The third-order valence-electron chi connectivity index (χ3n) is 3.99. The predicted molar refractivity (Wildman–Crippen MR) is 70.6 cm³/mol. The van der Waals surface area contributed by atoms with Gasteiger partial charge in [-0.25, -0.2) is 0 Å². The predicted octanol–water partition coefficient (Wildman–Crippen LogP) is 2.13. The summed E-state index contributed by atoms with van der Waals surface area (Å²) in [6.07, 6.45) is 4.22. The Kier molecular flexibility index (Phi) is 2.93. The van der Waals surface area contributed by atoms with E-state index < -0.39 is 0 Å². The van der Waals surface area contributed by atoms with E-state index >= 15 is 0 Å². The molecule has 0 aliphatic carbocycles. The maximum atomic E-state index is 12.2. The molecule has 1 aromatic carbocycles. The highest BCUT2D eigenvalue weighted by Gasteiger charge is 2.42. The minimum absolute atomic E-state index is 0.0575. The number of benzene rings is 1. The molecule has 2 aliphatic rings. The average molecular weight is 259 g/mol. The van der Waals surface area contributed by atoms with Crippen LogP contribution < -0.4 is 4.74 Å².